The molecule has 0 amide bonds. The van der Waals surface area contributed by atoms with Crippen LogP contribution in [0.15, 0.2) is 12.2 Å². The van der Waals surface area contributed by atoms with Crippen molar-refractivity contribution in [1.29, 1.82) is 0 Å². The van der Waals surface area contributed by atoms with E-state index in [2.05, 4.69) is 4.74 Å². The molecule has 0 aromatic heterocycles. The lowest BCUT2D eigenvalue weighted by atomic mass is 10.1. The first-order valence-electron chi connectivity index (χ1n) is 3.84. The molecule has 0 heterocycles. The van der Waals surface area contributed by atoms with Gasteiger partial charge in [-0.25, -0.2) is 0 Å². The van der Waals surface area contributed by atoms with Crippen LogP contribution < -0.4 is 0 Å². The Morgan fingerprint density at radius 1 is 1.42 bits per heavy atom. The minimum atomic E-state index is -0.492. The van der Waals surface area contributed by atoms with Gasteiger partial charge >= 0.3 is 5.97 Å². The molecule has 68 valence electrons. The molecule has 0 aliphatic heterocycles. The third-order valence-electron chi connectivity index (χ3n) is 1.21. The average molecular weight is 170 g/mol. The Morgan fingerprint density at radius 2 is 2.00 bits per heavy atom. The van der Waals surface area contributed by atoms with Crippen LogP contribution in [0.5, 0.6) is 0 Å². The highest BCUT2D eigenvalue weighted by Gasteiger charge is 2.05. The lowest BCUT2D eigenvalue weighted by Gasteiger charge is -1.95. The molecule has 12 heavy (non-hydrogen) atoms. The molecule has 0 aliphatic rings. The van der Waals surface area contributed by atoms with Crippen LogP contribution in [0, 0.1) is 5.92 Å². The predicted molar refractivity (Wildman–Crippen MR) is 45.6 cm³/mol. The van der Waals surface area contributed by atoms with Crippen LogP contribution >= 0.6 is 0 Å². The second kappa shape index (κ2) is 5.52. The maximum Gasteiger partial charge on any atom is 0.313 e. The number of hydrogen-bond acceptors (Lipinski definition) is 3. The number of carbonyl (C=O) groups is 2. The molecule has 0 saturated carbocycles. The highest BCUT2D eigenvalue weighted by Crippen LogP contribution is 1.95. The fraction of sp³-hybridized carbons (Fsp3) is 0.556. The summed E-state index contributed by atoms with van der Waals surface area (Å²) in [7, 11) is 1.27. The van der Waals surface area contributed by atoms with Gasteiger partial charge in [-0.3, -0.25) is 9.59 Å². The van der Waals surface area contributed by atoms with E-state index < -0.39 is 5.97 Å². The van der Waals surface area contributed by atoms with Gasteiger partial charge in [0.2, 0.25) is 0 Å². The number of hydrogen-bond donors (Lipinski definition) is 0. The molecule has 0 aromatic rings. The van der Waals surface area contributed by atoms with Crippen molar-refractivity contribution in [3.63, 3.8) is 0 Å². The van der Waals surface area contributed by atoms with Crippen molar-refractivity contribution >= 4 is 11.8 Å². The van der Waals surface area contributed by atoms with Gasteiger partial charge in [-0.2, -0.15) is 0 Å². The van der Waals surface area contributed by atoms with Crippen LogP contribution in [-0.4, -0.2) is 18.9 Å². The Labute approximate surface area is 72.4 Å². The highest BCUT2D eigenvalue weighted by molar-refractivity contribution is 6.01. The summed E-state index contributed by atoms with van der Waals surface area (Å²) in [5, 5.41) is 0. The smallest absolute Gasteiger partial charge is 0.313 e. The summed E-state index contributed by atoms with van der Waals surface area (Å²) in [6.45, 7) is 3.92. The molecule has 0 spiro atoms. The normalized spacial score (nSPS) is 10.7. The minimum Gasteiger partial charge on any atom is -0.469 e. The summed E-state index contributed by atoms with van der Waals surface area (Å²) in [6, 6.07) is 0. The molecule has 0 saturated heterocycles. The molecule has 0 bridgehead atoms. The zero-order valence-electron chi connectivity index (χ0n) is 7.66. The van der Waals surface area contributed by atoms with Gasteiger partial charge < -0.3 is 4.74 Å². The quantitative estimate of drug-likeness (QED) is 0.363. The average Bonchev–Trinajstić information content (AvgIpc) is 2.00. The second-order valence-corrected chi connectivity index (χ2v) is 2.82. The van der Waals surface area contributed by atoms with Gasteiger partial charge in [0.15, 0.2) is 5.78 Å². The highest BCUT2D eigenvalue weighted by atomic mass is 16.5. The summed E-state index contributed by atoms with van der Waals surface area (Å²) in [5.41, 5.74) is 0. The van der Waals surface area contributed by atoms with Gasteiger partial charge in [-0.15, -0.1) is 0 Å². The first-order chi connectivity index (χ1) is 5.56. The molecule has 0 radical (unpaired) electrons. The molecule has 3 nitrogen and oxygen atoms in total. The number of ether oxygens (including phenoxy) is 1. The van der Waals surface area contributed by atoms with Gasteiger partial charge in [0.1, 0.15) is 6.42 Å². The second-order valence-electron chi connectivity index (χ2n) is 2.82. The maximum atomic E-state index is 10.9. The Hall–Kier alpha value is -1.12. The molecule has 0 fully saturated rings. The van der Waals surface area contributed by atoms with Gasteiger partial charge in [0, 0.05) is 0 Å². The van der Waals surface area contributed by atoms with Crippen molar-refractivity contribution in [3.8, 4) is 0 Å². The molecular formula is C9H14O3. The Kier molecular flexibility index (Phi) is 5.00. The largest absolute Gasteiger partial charge is 0.469 e. The summed E-state index contributed by atoms with van der Waals surface area (Å²) in [5.74, 6) is -0.379. The van der Waals surface area contributed by atoms with Gasteiger partial charge in [-0.1, -0.05) is 19.9 Å². The fourth-order valence-electron chi connectivity index (χ4n) is 0.573. The number of allylic oxidation sites excluding steroid dienone is 2. The number of ketones is 1. The van der Waals surface area contributed by atoms with Crippen molar-refractivity contribution in [1.82, 2.24) is 0 Å². The maximum absolute atomic E-state index is 10.9. The Balaban J connectivity index is 3.82. The predicted octanol–water partition coefficient (Wildman–Crippen LogP) is 1.33. The van der Waals surface area contributed by atoms with Crippen LogP contribution in [0.3, 0.4) is 0 Å². The fourth-order valence-corrected chi connectivity index (χ4v) is 0.573. The van der Waals surface area contributed by atoms with Gasteiger partial charge in [0.25, 0.3) is 0 Å². The van der Waals surface area contributed by atoms with E-state index in [1.165, 1.54) is 13.2 Å². The van der Waals surface area contributed by atoms with Crippen molar-refractivity contribution in [2.24, 2.45) is 5.92 Å². The first-order valence-corrected chi connectivity index (χ1v) is 3.84. The van der Waals surface area contributed by atoms with Gasteiger partial charge in [-0.05, 0) is 12.0 Å². The molecule has 0 unspecified atom stereocenters. The van der Waals surface area contributed by atoms with Crippen LogP contribution in [-0.2, 0) is 14.3 Å². The van der Waals surface area contributed by atoms with E-state index >= 15 is 0 Å². The van der Waals surface area contributed by atoms with E-state index in [4.69, 9.17) is 0 Å². The summed E-state index contributed by atoms with van der Waals surface area (Å²) in [4.78, 5) is 21.5. The molecule has 0 atom stereocenters. The van der Waals surface area contributed by atoms with Crippen molar-refractivity contribution in [2.45, 2.75) is 20.3 Å². The van der Waals surface area contributed by atoms with E-state index in [0.717, 1.165) is 0 Å². The lowest BCUT2D eigenvalue weighted by molar-refractivity contribution is -0.142. The lowest BCUT2D eigenvalue weighted by Crippen LogP contribution is -2.06. The SMILES string of the molecule is COC(=O)CC(=O)/C=C/C(C)C. The molecule has 0 aliphatic carbocycles. The molecule has 0 rings (SSSR count). The van der Waals surface area contributed by atoms with E-state index in [0.29, 0.717) is 5.92 Å². The number of esters is 1. The monoisotopic (exact) mass is 170 g/mol. The third-order valence-corrected chi connectivity index (χ3v) is 1.21. The van der Waals surface area contributed by atoms with Crippen LogP contribution in [0.2, 0.25) is 0 Å². The van der Waals surface area contributed by atoms with Crippen molar-refractivity contribution in [3.05, 3.63) is 12.2 Å². The standard InChI is InChI=1S/C9H14O3/c1-7(2)4-5-8(10)6-9(11)12-3/h4-5,7H,6H2,1-3H3/b5-4+. The van der Waals surface area contributed by atoms with Gasteiger partial charge in [0.05, 0.1) is 7.11 Å². The van der Waals surface area contributed by atoms with E-state index in [9.17, 15) is 9.59 Å². The van der Waals surface area contributed by atoms with E-state index in [1.807, 2.05) is 13.8 Å². The van der Waals surface area contributed by atoms with Crippen molar-refractivity contribution in [2.75, 3.05) is 7.11 Å². The zero-order valence-corrected chi connectivity index (χ0v) is 7.66. The number of methoxy groups -OCH3 is 1. The molecule has 0 aromatic carbocycles. The third kappa shape index (κ3) is 5.65. The first kappa shape index (κ1) is 10.9. The molecular weight excluding hydrogens is 156 g/mol. The molecule has 3 heteroatoms. The molecule has 0 N–H and O–H groups in total. The number of rotatable bonds is 4. The van der Waals surface area contributed by atoms with Crippen molar-refractivity contribution < 1.29 is 14.3 Å². The van der Waals surface area contributed by atoms with Crippen LogP contribution in [0.1, 0.15) is 20.3 Å². The van der Waals surface area contributed by atoms with Crippen LogP contribution in [0.25, 0.3) is 0 Å². The number of carbonyl (C=O) groups excluding carboxylic acids is 2. The van der Waals surface area contributed by atoms with E-state index in [1.54, 1.807) is 6.08 Å². The summed E-state index contributed by atoms with van der Waals surface area (Å²) in [6.07, 6.45) is 3.01. The summed E-state index contributed by atoms with van der Waals surface area (Å²) < 4.78 is 4.33. The summed E-state index contributed by atoms with van der Waals surface area (Å²) >= 11 is 0. The Bertz CT molecular complexity index is 192. The van der Waals surface area contributed by atoms with Crippen LogP contribution in [0.4, 0.5) is 0 Å². The van der Waals surface area contributed by atoms with E-state index in [-0.39, 0.29) is 12.2 Å². The topological polar surface area (TPSA) is 43.4 Å². The zero-order chi connectivity index (χ0) is 9.56. The Morgan fingerprint density at radius 3 is 2.42 bits per heavy atom. The minimum absolute atomic E-state index is 0.167.